The second-order valence-electron chi connectivity index (χ2n) is 8.21. The zero-order valence-corrected chi connectivity index (χ0v) is 21.4. The molecule has 0 aromatic heterocycles. The van der Waals surface area contributed by atoms with Gasteiger partial charge < -0.3 is 39.4 Å². The van der Waals surface area contributed by atoms with Crippen molar-refractivity contribution in [3.63, 3.8) is 0 Å². The zero-order chi connectivity index (χ0) is 24.8. The third kappa shape index (κ3) is 10.5. The van der Waals surface area contributed by atoms with Gasteiger partial charge in [-0.25, -0.2) is 14.4 Å². The average molecular weight is 525 g/mol. The molecule has 196 valence electrons. The summed E-state index contributed by atoms with van der Waals surface area (Å²) in [6, 6.07) is -1.15. The molecule has 1 aliphatic heterocycles. The van der Waals surface area contributed by atoms with Crippen LogP contribution in [0, 0.1) is 5.41 Å². The highest BCUT2D eigenvalue weighted by atomic mass is 33.1. The number of aliphatic hydroxyl groups excluding tert-OH is 1. The summed E-state index contributed by atoms with van der Waals surface area (Å²) in [5, 5.41) is 14.2. The minimum Gasteiger partial charge on any atom is -0.467 e. The molecule has 1 atom stereocenters. The van der Waals surface area contributed by atoms with E-state index in [0.29, 0.717) is 18.1 Å². The number of nitrogens with one attached hydrogen (secondary N) is 2. The Labute approximate surface area is 208 Å². The van der Waals surface area contributed by atoms with Crippen LogP contribution in [0.4, 0.5) is 9.59 Å². The van der Waals surface area contributed by atoms with E-state index in [0.717, 1.165) is 39.2 Å². The number of rotatable bonds is 14. The summed E-state index contributed by atoms with van der Waals surface area (Å²) in [5.41, 5.74) is -0.00693. The van der Waals surface area contributed by atoms with Crippen molar-refractivity contribution in [3.8, 4) is 0 Å². The van der Waals surface area contributed by atoms with Gasteiger partial charge in [-0.1, -0.05) is 40.9 Å². The molecule has 1 aliphatic carbocycles. The van der Waals surface area contributed by atoms with Crippen LogP contribution in [-0.2, 0) is 28.5 Å². The van der Waals surface area contributed by atoms with E-state index < -0.39 is 30.8 Å². The van der Waals surface area contributed by atoms with Gasteiger partial charge in [-0.2, -0.15) is 0 Å². The van der Waals surface area contributed by atoms with Crippen molar-refractivity contribution in [2.45, 2.75) is 64.1 Å². The fourth-order valence-corrected chi connectivity index (χ4v) is 5.57. The summed E-state index contributed by atoms with van der Waals surface area (Å²) in [4.78, 5) is 35.0. The predicted octanol–water partition coefficient (Wildman–Crippen LogP) is 2.41. The summed E-state index contributed by atoms with van der Waals surface area (Å²) in [5.74, 6) is 0.350. The van der Waals surface area contributed by atoms with Gasteiger partial charge in [0, 0.05) is 24.5 Å². The smallest absolute Gasteiger partial charge is 0.407 e. The molecule has 1 saturated heterocycles. The second kappa shape index (κ2) is 15.6. The SMILES string of the molecule is COC(=O)C(CO)NC(=O)OCCSSCCOC(=O)NCC1(CC2OC(C)O2)CCCCC1. The van der Waals surface area contributed by atoms with Crippen molar-refractivity contribution >= 4 is 39.7 Å². The molecule has 2 aliphatic rings. The van der Waals surface area contributed by atoms with Crippen LogP contribution in [0.25, 0.3) is 0 Å². The summed E-state index contributed by atoms with van der Waals surface area (Å²) in [7, 11) is 4.12. The molecular weight excluding hydrogens is 488 g/mol. The van der Waals surface area contributed by atoms with E-state index in [4.69, 9.17) is 24.1 Å². The Bertz CT molecular complexity index is 644. The lowest BCUT2D eigenvalue weighted by atomic mass is 9.71. The molecule has 0 radical (unpaired) electrons. The standard InChI is InChI=1S/C21H36N2O9S2/c1-15-31-17(32-15)12-21(6-4-3-5-7-21)14-22-19(26)29-8-10-33-34-11-9-30-20(27)23-16(13-24)18(25)28-2/h15-17,24H,3-14H2,1-2H3,(H,22,26)(H,23,27). The maximum atomic E-state index is 12.1. The number of carbonyl (C=O) groups excluding carboxylic acids is 3. The maximum Gasteiger partial charge on any atom is 0.407 e. The van der Waals surface area contributed by atoms with E-state index in [1.807, 2.05) is 6.92 Å². The molecule has 13 heteroatoms. The molecular formula is C21H36N2O9S2. The number of methoxy groups -OCH3 is 1. The van der Waals surface area contributed by atoms with Crippen LogP contribution in [-0.4, -0.2) is 86.9 Å². The van der Waals surface area contributed by atoms with Crippen LogP contribution in [0.3, 0.4) is 0 Å². The lowest BCUT2D eigenvalue weighted by molar-refractivity contribution is -0.383. The summed E-state index contributed by atoms with van der Waals surface area (Å²) >= 11 is 0. The van der Waals surface area contributed by atoms with Gasteiger partial charge >= 0.3 is 18.2 Å². The molecule has 0 bridgehead atoms. The fraction of sp³-hybridized carbons (Fsp3) is 0.857. The second-order valence-corrected chi connectivity index (χ2v) is 10.9. The zero-order valence-electron chi connectivity index (χ0n) is 19.7. The predicted molar refractivity (Wildman–Crippen MR) is 127 cm³/mol. The Kier molecular flexibility index (Phi) is 13.2. The minimum atomic E-state index is -1.15. The van der Waals surface area contributed by atoms with E-state index in [1.54, 1.807) is 0 Å². The van der Waals surface area contributed by atoms with Crippen LogP contribution in [0.2, 0.25) is 0 Å². The Morgan fingerprint density at radius 2 is 1.68 bits per heavy atom. The van der Waals surface area contributed by atoms with Crippen molar-refractivity contribution < 1.29 is 43.2 Å². The van der Waals surface area contributed by atoms with Gasteiger partial charge in [0.1, 0.15) is 13.2 Å². The van der Waals surface area contributed by atoms with E-state index in [9.17, 15) is 14.4 Å². The molecule has 1 heterocycles. The first kappa shape index (κ1) is 28.8. The normalized spacial score (nSPS) is 22.1. The number of hydrogen-bond acceptors (Lipinski definition) is 11. The topological polar surface area (TPSA) is 142 Å². The monoisotopic (exact) mass is 524 g/mol. The summed E-state index contributed by atoms with van der Waals surface area (Å²) in [6.07, 6.45) is 4.81. The first-order chi connectivity index (χ1) is 16.4. The summed E-state index contributed by atoms with van der Waals surface area (Å²) in [6.45, 7) is 2.24. The highest BCUT2D eigenvalue weighted by molar-refractivity contribution is 8.76. The van der Waals surface area contributed by atoms with Crippen LogP contribution >= 0.6 is 21.6 Å². The Balaban J connectivity index is 1.50. The minimum absolute atomic E-state index is 0.00693. The first-order valence-corrected chi connectivity index (χ1v) is 13.9. The molecule has 2 amide bonds. The number of esters is 1. The average Bonchev–Trinajstić information content (AvgIpc) is 2.82. The van der Waals surface area contributed by atoms with Gasteiger partial charge in [-0.3, -0.25) is 0 Å². The number of hydrogen-bond donors (Lipinski definition) is 3. The highest BCUT2D eigenvalue weighted by Gasteiger charge is 2.39. The molecule has 0 aromatic carbocycles. The van der Waals surface area contributed by atoms with E-state index >= 15 is 0 Å². The molecule has 0 aromatic rings. The van der Waals surface area contributed by atoms with E-state index in [2.05, 4.69) is 15.4 Å². The van der Waals surface area contributed by atoms with Crippen LogP contribution in [0.1, 0.15) is 45.4 Å². The molecule has 3 N–H and O–H groups in total. The van der Waals surface area contributed by atoms with Crippen molar-refractivity contribution in [1.29, 1.82) is 0 Å². The highest BCUT2D eigenvalue weighted by Crippen LogP contribution is 2.42. The van der Waals surface area contributed by atoms with Gasteiger partial charge in [-0.05, 0) is 25.2 Å². The number of amides is 2. The van der Waals surface area contributed by atoms with Gasteiger partial charge in [0.25, 0.3) is 0 Å². The largest absolute Gasteiger partial charge is 0.467 e. The van der Waals surface area contributed by atoms with Crippen molar-refractivity contribution in [2.75, 3.05) is 45.0 Å². The van der Waals surface area contributed by atoms with Gasteiger partial charge in [0.05, 0.1) is 13.7 Å². The van der Waals surface area contributed by atoms with E-state index in [1.165, 1.54) is 28.0 Å². The van der Waals surface area contributed by atoms with Crippen molar-refractivity contribution in [3.05, 3.63) is 0 Å². The lowest BCUT2D eigenvalue weighted by Gasteiger charge is -2.43. The van der Waals surface area contributed by atoms with Gasteiger partial charge in [0.2, 0.25) is 0 Å². The van der Waals surface area contributed by atoms with Crippen LogP contribution in [0.5, 0.6) is 0 Å². The molecule has 2 fully saturated rings. The van der Waals surface area contributed by atoms with Crippen molar-refractivity contribution in [1.82, 2.24) is 10.6 Å². The molecule has 2 rings (SSSR count). The number of alkyl carbamates (subject to hydrolysis) is 2. The first-order valence-electron chi connectivity index (χ1n) is 11.5. The lowest BCUT2D eigenvalue weighted by Crippen LogP contribution is -2.47. The number of ether oxygens (including phenoxy) is 5. The van der Waals surface area contributed by atoms with E-state index in [-0.39, 0.29) is 31.2 Å². The molecule has 1 saturated carbocycles. The number of carbonyl (C=O) groups is 3. The third-order valence-electron chi connectivity index (χ3n) is 5.65. The van der Waals surface area contributed by atoms with Gasteiger partial charge in [0.15, 0.2) is 18.6 Å². The quantitative estimate of drug-likeness (QED) is 0.133. The van der Waals surface area contributed by atoms with Crippen LogP contribution < -0.4 is 10.6 Å². The molecule has 1 unspecified atom stereocenters. The Morgan fingerprint density at radius 3 is 2.24 bits per heavy atom. The molecule has 11 nitrogen and oxygen atoms in total. The maximum absolute atomic E-state index is 12.1. The van der Waals surface area contributed by atoms with Crippen LogP contribution in [0.15, 0.2) is 0 Å². The fourth-order valence-electron chi connectivity index (χ4n) is 3.91. The Morgan fingerprint density at radius 1 is 1.06 bits per heavy atom. The third-order valence-corrected chi connectivity index (χ3v) is 7.99. The van der Waals surface area contributed by atoms with Crippen molar-refractivity contribution in [2.24, 2.45) is 5.41 Å². The Hall–Kier alpha value is -1.41. The molecule has 0 spiro atoms. The number of aliphatic hydroxyl groups is 1. The summed E-state index contributed by atoms with van der Waals surface area (Å²) < 4.78 is 25.9. The van der Waals surface area contributed by atoms with Gasteiger partial charge in [-0.15, -0.1) is 0 Å². The molecule has 34 heavy (non-hydrogen) atoms.